The first-order valence-corrected chi connectivity index (χ1v) is 9.01. The summed E-state index contributed by atoms with van der Waals surface area (Å²) in [6.07, 6.45) is 1.30. The maximum absolute atomic E-state index is 12.7. The summed E-state index contributed by atoms with van der Waals surface area (Å²) in [6, 6.07) is 5.69. The highest BCUT2D eigenvalue weighted by Gasteiger charge is 2.40. The molecule has 0 bridgehead atoms. The summed E-state index contributed by atoms with van der Waals surface area (Å²) in [5, 5.41) is 8.62. The smallest absolute Gasteiger partial charge is 0.258 e. The third kappa shape index (κ3) is 3.08. The first-order chi connectivity index (χ1) is 12.2. The van der Waals surface area contributed by atoms with Gasteiger partial charge >= 0.3 is 0 Å². The fourth-order valence-corrected chi connectivity index (χ4v) is 3.80. The maximum atomic E-state index is 12.7. The number of aromatic nitrogens is 1. The summed E-state index contributed by atoms with van der Waals surface area (Å²) in [7, 11) is 1.59. The molecule has 0 unspecified atom stereocenters. The number of fused-ring (bicyclic) bond motifs is 1. The van der Waals surface area contributed by atoms with Gasteiger partial charge in [0.15, 0.2) is 16.6 Å². The molecule has 3 heterocycles. The van der Waals surface area contributed by atoms with Gasteiger partial charge in [-0.15, -0.1) is 11.3 Å². The molecule has 1 aromatic heterocycles. The predicted octanol–water partition coefficient (Wildman–Crippen LogP) is 2.25. The van der Waals surface area contributed by atoms with Crippen LogP contribution in [0.1, 0.15) is 12.8 Å². The van der Waals surface area contributed by atoms with E-state index in [4.69, 9.17) is 14.2 Å². The van der Waals surface area contributed by atoms with Crippen LogP contribution in [0.2, 0.25) is 0 Å². The normalized spacial score (nSPS) is 18.1. The number of benzene rings is 1. The van der Waals surface area contributed by atoms with Crippen molar-refractivity contribution in [3.63, 3.8) is 0 Å². The van der Waals surface area contributed by atoms with Crippen molar-refractivity contribution in [2.24, 2.45) is 0 Å². The van der Waals surface area contributed by atoms with E-state index in [0.29, 0.717) is 23.7 Å². The molecule has 2 aliphatic heterocycles. The zero-order valence-electron chi connectivity index (χ0n) is 13.8. The van der Waals surface area contributed by atoms with Crippen molar-refractivity contribution in [1.29, 1.82) is 0 Å². The summed E-state index contributed by atoms with van der Waals surface area (Å²) in [5.41, 5.74) is 0.926. The van der Waals surface area contributed by atoms with E-state index < -0.39 is 5.60 Å². The number of anilines is 1. The molecule has 0 saturated carbocycles. The average Bonchev–Trinajstić information content (AvgIpc) is 3.30. The Morgan fingerprint density at radius 2 is 2.12 bits per heavy atom. The first-order valence-electron chi connectivity index (χ1n) is 8.13. The van der Waals surface area contributed by atoms with Gasteiger partial charge < -0.3 is 19.5 Å². The number of thiazole rings is 1. The van der Waals surface area contributed by atoms with Crippen LogP contribution in [0.4, 0.5) is 5.13 Å². The van der Waals surface area contributed by atoms with Gasteiger partial charge in [0.25, 0.3) is 5.91 Å². The topological polar surface area (TPSA) is 81.7 Å². The van der Waals surface area contributed by atoms with Crippen molar-refractivity contribution in [1.82, 2.24) is 10.3 Å². The zero-order chi connectivity index (χ0) is 17.3. The van der Waals surface area contributed by atoms with Crippen molar-refractivity contribution in [3.8, 4) is 22.8 Å². The molecule has 2 N–H and O–H groups in total. The number of amides is 1. The highest BCUT2D eigenvalue weighted by molar-refractivity contribution is 7.14. The first kappa shape index (κ1) is 16.3. The molecule has 1 fully saturated rings. The molecule has 25 heavy (non-hydrogen) atoms. The molecular weight excluding hydrogens is 342 g/mol. The number of carbonyl (C=O) groups is 1. The quantitative estimate of drug-likeness (QED) is 0.869. The number of hydrogen-bond donors (Lipinski definition) is 2. The van der Waals surface area contributed by atoms with Crippen LogP contribution in [0.25, 0.3) is 11.3 Å². The van der Waals surface area contributed by atoms with Gasteiger partial charge in [-0.3, -0.25) is 10.1 Å². The third-order valence-electron chi connectivity index (χ3n) is 4.61. The number of rotatable bonds is 4. The Labute approximate surface area is 149 Å². The van der Waals surface area contributed by atoms with E-state index in [2.05, 4.69) is 15.6 Å². The molecule has 1 aromatic carbocycles. The van der Waals surface area contributed by atoms with Crippen LogP contribution in [-0.2, 0) is 9.53 Å². The Morgan fingerprint density at radius 3 is 2.92 bits per heavy atom. The lowest BCUT2D eigenvalue weighted by atomic mass is 9.91. The lowest BCUT2D eigenvalue weighted by molar-refractivity contribution is -0.140. The summed E-state index contributed by atoms with van der Waals surface area (Å²) in [6.45, 7) is 1.77. The molecule has 1 amide bonds. The van der Waals surface area contributed by atoms with Crippen LogP contribution in [0.3, 0.4) is 0 Å². The summed E-state index contributed by atoms with van der Waals surface area (Å²) < 4.78 is 16.3. The van der Waals surface area contributed by atoms with Gasteiger partial charge in [0.05, 0.1) is 5.69 Å². The lowest BCUT2D eigenvalue weighted by Gasteiger charge is -2.34. The van der Waals surface area contributed by atoms with Gasteiger partial charge in [-0.05, 0) is 44.1 Å². The largest absolute Gasteiger partial charge is 0.454 e. The Morgan fingerprint density at radius 1 is 1.32 bits per heavy atom. The van der Waals surface area contributed by atoms with Gasteiger partial charge in [0.2, 0.25) is 6.79 Å². The summed E-state index contributed by atoms with van der Waals surface area (Å²) >= 11 is 1.39. The number of nitrogens with zero attached hydrogens (tertiary/aromatic N) is 1. The van der Waals surface area contributed by atoms with Gasteiger partial charge in [-0.2, -0.15) is 0 Å². The number of carbonyl (C=O) groups excluding carboxylic acids is 1. The second-order valence-corrected chi connectivity index (χ2v) is 6.87. The molecule has 0 spiro atoms. The molecule has 0 aliphatic carbocycles. The van der Waals surface area contributed by atoms with Crippen molar-refractivity contribution >= 4 is 22.4 Å². The van der Waals surface area contributed by atoms with Crippen LogP contribution in [0, 0.1) is 0 Å². The van der Waals surface area contributed by atoms with E-state index in [0.717, 1.165) is 30.1 Å². The maximum Gasteiger partial charge on any atom is 0.258 e. The number of ether oxygens (including phenoxy) is 3. The molecule has 2 aromatic rings. The van der Waals surface area contributed by atoms with E-state index in [9.17, 15) is 4.79 Å². The van der Waals surface area contributed by atoms with E-state index in [1.165, 1.54) is 11.3 Å². The van der Waals surface area contributed by atoms with Crippen LogP contribution < -0.4 is 20.1 Å². The van der Waals surface area contributed by atoms with E-state index in [-0.39, 0.29) is 12.7 Å². The number of piperidine rings is 1. The van der Waals surface area contributed by atoms with E-state index in [1.807, 2.05) is 23.6 Å². The Balaban J connectivity index is 1.50. The molecule has 2 aliphatic rings. The fourth-order valence-electron chi connectivity index (χ4n) is 3.09. The van der Waals surface area contributed by atoms with Gasteiger partial charge in [0.1, 0.15) is 5.60 Å². The fraction of sp³-hybridized carbons (Fsp3) is 0.412. The molecule has 132 valence electrons. The SMILES string of the molecule is COC1(C(=O)Nc2nc(-c3ccc4c(c3)OCO4)cs2)CCNCC1. The molecular formula is C17H19N3O4S. The Hall–Kier alpha value is -2.16. The monoisotopic (exact) mass is 361 g/mol. The summed E-state index contributed by atoms with van der Waals surface area (Å²) in [5.74, 6) is 1.31. The second-order valence-electron chi connectivity index (χ2n) is 6.01. The number of methoxy groups -OCH3 is 1. The van der Waals surface area contributed by atoms with Crippen LogP contribution >= 0.6 is 11.3 Å². The minimum Gasteiger partial charge on any atom is -0.454 e. The van der Waals surface area contributed by atoms with E-state index >= 15 is 0 Å². The highest BCUT2D eigenvalue weighted by atomic mass is 32.1. The predicted molar refractivity (Wildman–Crippen MR) is 94.1 cm³/mol. The van der Waals surface area contributed by atoms with Crippen LogP contribution in [0.5, 0.6) is 11.5 Å². The van der Waals surface area contributed by atoms with Crippen LogP contribution in [-0.4, -0.2) is 43.5 Å². The molecule has 8 heteroatoms. The average molecular weight is 361 g/mol. The van der Waals surface area contributed by atoms with Crippen molar-refractivity contribution in [2.45, 2.75) is 18.4 Å². The standard InChI is InChI=1S/C17H19N3O4S/c1-22-17(4-6-18-7-5-17)15(21)20-16-19-12(9-25-16)11-2-3-13-14(8-11)24-10-23-13/h2-3,8-9,18H,4-7,10H2,1H3,(H,19,20,21). The Bertz CT molecular complexity index is 786. The number of nitrogens with one attached hydrogen (secondary N) is 2. The molecule has 0 atom stereocenters. The minimum absolute atomic E-state index is 0.136. The highest BCUT2D eigenvalue weighted by Crippen LogP contribution is 2.36. The Kier molecular flexibility index (Phi) is 4.32. The second kappa shape index (κ2) is 6.62. The third-order valence-corrected chi connectivity index (χ3v) is 5.37. The molecule has 7 nitrogen and oxygen atoms in total. The molecule has 4 rings (SSSR count). The summed E-state index contributed by atoms with van der Waals surface area (Å²) in [4.78, 5) is 17.2. The van der Waals surface area contributed by atoms with Crippen LogP contribution in [0.15, 0.2) is 23.6 Å². The lowest BCUT2D eigenvalue weighted by Crippen LogP contribution is -2.51. The van der Waals surface area contributed by atoms with Gasteiger partial charge in [-0.1, -0.05) is 0 Å². The van der Waals surface area contributed by atoms with Gasteiger partial charge in [-0.25, -0.2) is 4.98 Å². The minimum atomic E-state index is -0.782. The van der Waals surface area contributed by atoms with Gasteiger partial charge in [0, 0.05) is 18.1 Å². The number of hydrogen-bond acceptors (Lipinski definition) is 7. The molecule has 1 saturated heterocycles. The van der Waals surface area contributed by atoms with Crippen molar-refractivity contribution < 1.29 is 19.0 Å². The van der Waals surface area contributed by atoms with Crippen molar-refractivity contribution in [2.75, 3.05) is 32.3 Å². The van der Waals surface area contributed by atoms with E-state index in [1.54, 1.807) is 7.11 Å². The van der Waals surface area contributed by atoms with Crippen molar-refractivity contribution in [3.05, 3.63) is 23.6 Å². The molecule has 0 radical (unpaired) electrons. The zero-order valence-corrected chi connectivity index (χ0v) is 14.6.